The molecule has 0 radical (unpaired) electrons. The molecular weight excluding hydrogens is 406 g/mol. The van der Waals surface area contributed by atoms with Gasteiger partial charge in [0.15, 0.2) is 0 Å². The molecule has 0 spiro atoms. The number of aliphatic carboxylic acids is 1. The molecule has 0 aromatic heterocycles. The summed E-state index contributed by atoms with van der Waals surface area (Å²) in [7, 11) is 2.21. The van der Waals surface area contributed by atoms with Crippen LogP contribution >= 0.6 is 11.8 Å². The molecule has 2 unspecified atom stereocenters. The number of aromatic hydroxyl groups is 1. The highest BCUT2D eigenvalue weighted by Gasteiger charge is 2.33. The zero-order valence-electron chi connectivity index (χ0n) is 18.2. The Morgan fingerprint density at radius 1 is 1.30 bits per heavy atom. The summed E-state index contributed by atoms with van der Waals surface area (Å²) >= 11 is 1.60. The lowest BCUT2D eigenvalue weighted by Gasteiger charge is -2.35. The van der Waals surface area contributed by atoms with Crippen LogP contribution in [-0.2, 0) is 10.2 Å². The van der Waals surface area contributed by atoms with E-state index in [4.69, 9.17) is 20.7 Å². The number of carbonyl (C=O) groups is 2. The minimum absolute atomic E-state index is 0.226. The first-order valence-electron chi connectivity index (χ1n) is 10.0. The van der Waals surface area contributed by atoms with Gasteiger partial charge in [-0.05, 0) is 69.0 Å². The largest absolute Gasteiger partial charge is 0.508 e. The molecule has 2 rings (SSSR count). The molecule has 1 heterocycles. The molecule has 172 valence electrons. The number of rotatable bonds is 6. The summed E-state index contributed by atoms with van der Waals surface area (Å²) in [5.74, 6) is 0.291. The second-order valence-electron chi connectivity index (χ2n) is 7.44. The van der Waals surface area contributed by atoms with Crippen LogP contribution < -0.4 is 11.5 Å². The Bertz CT molecular complexity index is 643. The Labute approximate surface area is 183 Å². The van der Waals surface area contributed by atoms with Gasteiger partial charge in [0.2, 0.25) is 0 Å². The highest BCUT2D eigenvalue weighted by Crippen LogP contribution is 2.37. The smallest absolute Gasteiger partial charge is 0.402 e. The van der Waals surface area contributed by atoms with E-state index in [1.54, 1.807) is 17.8 Å². The van der Waals surface area contributed by atoms with Gasteiger partial charge in [0, 0.05) is 12.0 Å². The van der Waals surface area contributed by atoms with Crippen LogP contribution in [0.1, 0.15) is 44.6 Å². The fourth-order valence-electron chi connectivity index (χ4n) is 3.45. The van der Waals surface area contributed by atoms with Gasteiger partial charge in [-0.1, -0.05) is 25.5 Å². The topological polar surface area (TPSA) is 150 Å². The van der Waals surface area contributed by atoms with Crippen LogP contribution in [0.4, 0.5) is 4.79 Å². The number of primary amides is 1. The van der Waals surface area contributed by atoms with Crippen LogP contribution in [0.3, 0.4) is 0 Å². The van der Waals surface area contributed by atoms with Crippen molar-refractivity contribution in [1.29, 1.82) is 0 Å². The first-order chi connectivity index (χ1) is 14.1. The number of phenols is 1. The molecule has 9 heteroatoms. The maximum absolute atomic E-state index is 10.1. The van der Waals surface area contributed by atoms with Gasteiger partial charge in [-0.3, -0.25) is 4.79 Å². The van der Waals surface area contributed by atoms with Crippen molar-refractivity contribution in [2.24, 2.45) is 11.5 Å². The molecule has 30 heavy (non-hydrogen) atoms. The van der Waals surface area contributed by atoms with Crippen molar-refractivity contribution in [2.45, 2.75) is 50.5 Å². The maximum Gasteiger partial charge on any atom is 0.402 e. The fraction of sp³-hybridized carbons (Fsp3) is 0.619. The third-order valence-corrected chi connectivity index (χ3v) is 5.75. The van der Waals surface area contributed by atoms with Crippen molar-refractivity contribution < 1.29 is 24.9 Å². The van der Waals surface area contributed by atoms with Gasteiger partial charge in [-0.15, -0.1) is 0 Å². The summed E-state index contributed by atoms with van der Waals surface area (Å²) in [6.45, 7) is 4.57. The Morgan fingerprint density at radius 3 is 2.43 bits per heavy atom. The van der Waals surface area contributed by atoms with Gasteiger partial charge >= 0.3 is 12.1 Å². The summed E-state index contributed by atoms with van der Waals surface area (Å²) in [4.78, 5) is 21.3. The summed E-state index contributed by atoms with van der Waals surface area (Å²) in [6, 6.07) is 7.16. The van der Waals surface area contributed by atoms with E-state index in [-0.39, 0.29) is 5.41 Å². The van der Waals surface area contributed by atoms with Crippen LogP contribution in [0.2, 0.25) is 0 Å². The molecule has 0 aliphatic carbocycles. The molecule has 2 atom stereocenters. The van der Waals surface area contributed by atoms with Gasteiger partial charge in [0.25, 0.3) is 0 Å². The van der Waals surface area contributed by atoms with Gasteiger partial charge in [-0.2, -0.15) is 11.8 Å². The lowest BCUT2D eigenvalue weighted by molar-refractivity contribution is -0.138. The van der Waals surface area contributed by atoms with E-state index in [0.717, 1.165) is 18.7 Å². The van der Waals surface area contributed by atoms with Crippen molar-refractivity contribution in [3.8, 4) is 5.75 Å². The molecule has 1 fully saturated rings. The number of phenolic OH excluding ortho intramolecular Hbond substituents is 1. The average molecular weight is 444 g/mol. The van der Waals surface area contributed by atoms with Crippen LogP contribution in [-0.4, -0.2) is 70.5 Å². The second kappa shape index (κ2) is 14.9. The van der Waals surface area contributed by atoms with Crippen LogP contribution in [0.5, 0.6) is 5.75 Å². The maximum atomic E-state index is 10.1. The molecule has 7 N–H and O–H groups in total. The summed E-state index contributed by atoms with van der Waals surface area (Å²) in [6.07, 6.45) is 6.09. The lowest BCUT2D eigenvalue weighted by Crippen LogP contribution is -2.37. The molecular formula is C21H37N3O5S. The second-order valence-corrected chi connectivity index (χ2v) is 8.43. The molecule has 1 aliphatic heterocycles. The molecule has 0 bridgehead atoms. The van der Waals surface area contributed by atoms with Gasteiger partial charge in [-0.25, -0.2) is 4.79 Å². The Morgan fingerprint density at radius 2 is 1.93 bits per heavy atom. The molecule has 1 saturated heterocycles. The van der Waals surface area contributed by atoms with E-state index in [1.165, 1.54) is 31.4 Å². The van der Waals surface area contributed by atoms with Crippen molar-refractivity contribution >= 4 is 23.8 Å². The number of thioether (sulfide) groups is 1. The quantitative estimate of drug-likeness (QED) is 0.450. The van der Waals surface area contributed by atoms with E-state index in [1.807, 2.05) is 18.4 Å². The Hall–Kier alpha value is -1.97. The predicted molar refractivity (Wildman–Crippen MR) is 122 cm³/mol. The Kier molecular flexibility index (Phi) is 13.9. The molecule has 1 aromatic carbocycles. The molecule has 8 nitrogen and oxygen atoms in total. The van der Waals surface area contributed by atoms with E-state index in [0.29, 0.717) is 12.2 Å². The monoisotopic (exact) mass is 443 g/mol. The number of likely N-dealkylation sites (tertiary alicyclic amines) is 1. The van der Waals surface area contributed by atoms with E-state index in [2.05, 4.69) is 30.7 Å². The minimum Gasteiger partial charge on any atom is -0.508 e. The summed E-state index contributed by atoms with van der Waals surface area (Å²) in [5, 5.41) is 25.1. The first-order valence-corrected chi connectivity index (χ1v) is 11.4. The third kappa shape index (κ3) is 11.3. The predicted octanol–water partition coefficient (Wildman–Crippen LogP) is 2.93. The number of nitrogens with two attached hydrogens (primary N) is 2. The van der Waals surface area contributed by atoms with E-state index < -0.39 is 18.1 Å². The number of benzene rings is 1. The number of hydrogen-bond acceptors (Lipinski definition) is 6. The third-order valence-electron chi connectivity index (χ3n) is 5.10. The number of amides is 1. The van der Waals surface area contributed by atoms with Gasteiger partial charge in [0.1, 0.15) is 11.8 Å². The van der Waals surface area contributed by atoms with Crippen molar-refractivity contribution in [3.63, 3.8) is 0 Å². The highest BCUT2D eigenvalue weighted by molar-refractivity contribution is 7.98. The molecule has 1 aromatic rings. The fourth-order valence-corrected chi connectivity index (χ4v) is 3.94. The highest BCUT2D eigenvalue weighted by atomic mass is 32.2. The van der Waals surface area contributed by atoms with Gasteiger partial charge in [0.05, 0.1) is 0 Å². The zero-order valence-corrected chi connectivity index (χ0v) is 19.0. The van der Waals surface area contributed by atoms with Crippen molar-refractivity contribution in [3.05, 3.63) is 29.8 Å². The molecule has 1 amide bonds. The number of likely N-dealkylation sites (N-methyl/N-ethyl adjacent to an activating group) is 1. The van der Waals surface area contributed by atoms with Crippen LogP contribution in [0.25, 0.3) is 0 Å². The van der Waals surface area contributed by atoms with Crippen LogP contribution in [0.15, 0.2) is 24.3 Å². The lowest BCUT2D eigenvalue weighted by atomic mass is 9.74. The standard InChI is InChI=1S/C15H23NO.C5H11NO2S.CH3NO2/c1-3-15(9-4-5-10-16(2)12-15)13-7-6-8-14(17)11-13;1-9-3-2-4(6)5(7)8;2-1(3)4/h6-8,11,17H,3-5,9-10,12H2,1-2H3;4H,2-3,6H2,1H3,(H,7,8);2H2,(H,3,4). The molecule has 1 aliphatic rings. The van der Waals surface area contributed by atoms with Crippen molar-refractivity contribution in [1.82, 2.24) is 4.90 Å². The SMILES string of the molecule is CCC1(c2cccc(O)c2)CCCCN(C)C1.CSCCC(N)C(=O)O.NC(=O)O. The normalized spacial score (nSPS) is 19.9. The number of hydrogen-bond donors (Lipinski definition) is 5. The van der Waals surface area contributed by atoms with E-state index in [9.17, 15) is 9.90 Å². The van der Waals surface area contributed by atoms with Crippen molar-refractivity contribution in [2.75, 3.05) is 32.1 Å². The first kappa shape index (κ1) is 28.0. The average Bonchev–Trinajstić information content (AvgIpc) is 2.88. The number of carboxylic acid groups (broad SMARTS) is 2. The van der Waals surface area contributed by atoms with Gasteiger partial charge < -0.3 is 31.7 Å². The Balaban J connectivity index is 0.000000545. The van der Waals surface area contributed by atoms with E-state index >= 15 is 0 Å². The van der Waals surface area contributed by atoms with Crippen LogP contribution in [0, 0.1) is 0 Å². The minimum atomic E-state index is -1.33. The summed E-state index contributed by atoms with van der Waals surface area (Å²) < 4.78 is 0. The molecule has 0 saturated carbocycles. The summed E-state index contributed by atoms with van der Waals surface area (Å²) in [5.41, 5.74) is 10.7. The number of carboxylic acids is 1. The number of nitrogens with zero attached hydrogens (tertiary/aromatic N) is 1. The zero-order chi connectivity index (χ0) is 23.2.